The Morgan fingerprint density at radius 1 is 0.429 bits per heavy atom. The largest absolute Gasteiger partial charge is 0.334 e. The highest BCUT2D eigenvalue weighted by Crippen LogP contribution is 2.63. The van der Waals surface area contributed by atoms with Gasteiger partial charge in [0.15, 0.2) is 0 Å². The van der Waals surface area contributed by atoms with Crippen LogP contribution >= 0.6 is 11.3 Å². The number of anilines is 8. The minimum atomic E-state index is -0.161. The Morgan fingerprint density at radius 2 is 0.988 bits per heavy atom. The third-order valence-electron chi connectivity index (χ3n) is 24.3. The van der Waals surface area contributed by atoms with Gasteiger partial charge in [-0.05, 0) is 218 Å². The second-order valence-electron chi connectivity index (χ2n) is 33.3. The molecular weight excluding hydrogens is 1030 g/mol. The standard InChI is InChI=1S/C79H92BN3S/c1-47-39-54-57(76(13,14)37-35-73(54,7)8)45-63(47)82-66-43-50(83-62-30-25-48(71(2,3)4)40-59(62)78(17)31-21-22-32-79(78,83)18)42-65-68(66)80(60-29-27-52-51-23-19-20-24-67(51)84-70(52)69(60)82)61-44-56-58(77(15,16)38-36-75(56,11)12)46-64(61)81(65)49-26-28-53-55(41-49)74(9,10)34-33-72(53,5)6/h19-20,23-30,39-46H,21-22,31-38H2,1-18H3. The molecule has 84 heavy (non-hydrogen) atoms. The van der Waals surface area contributed by atoms with Crippen LogP contribution in [0.1, 0.15) is 232 Å². The summed E-state index contributed by atoms with van der Waals surface area (Å²) < 4.78 is 2.74. The van der Waals surface area contributed by atoms with Crippen LogP contribution in [0, 0.1) is 6.92 Å². The van der Waals surface area contributed by atoms with E-state index in [0.717, 1.165) is 6.42 Å². The van der Waals surface area contributed by atoms with Crippen LogP contribution in [-0.4, -0.2) is 12.3 Å². The van der Waals surface area contributed by atoms with E-state index in [9.17, 15) is 0 Å². The monoisotopic (exact) mass is 1130 g/mol. The molecule has 3 nitrogen and oxygen atoms in total. The molecule has 1 fully saturated rings. The van der Waals surface area contributed by atoms with Crippen LogP contribution in [0.2, 0.25) is 0 Å². The van der Waals surface area contributed by atoms with E-state index < -0.39 is 0 Å². The molecule has 5 heteroatoms. The first-order valence-corrected chi connectivity index (χ1v) is 33.4. The fourth-order valence-corrected chi connectivity index (χ4v) is 19.5. The van der Waals surface area contributed by atoms with Gasteiger partial charge < -0.3 is 14.7 Å². The van der Waals surface area contributed by atoms with Crippen LogP contribution in [0.5, 0.6) is 0 Å². The van der Waals surface area contributed by atoms with E-state index in [1.54, 1.807) is 0 Å². The zero-order valence-corrected chi connectivity index (χ0v) is 55.1. The highest BCUT2D eigenvalue weighted by Gasteiger charge is 2.59. The summed E-state index contributed by atoms with van der Waals surface area (Å²) in [4.78, 5) is 8.58. The molecule has 432 valence electrons. The van der Waals surface area contributed by atoms with Crippen LogP contribution in [0.3, 0.4) is 0 Å². The molecule has 0 saturated heterocycles. The molecule has 2 atom stereocenters. The van der Waals surface area contributed by atoms with Crippen molar-refractivity contribution in [3.05, 3.63) is 159 Å². The Balaban J connectivity index is 1.13. The maximum Gasteiger partial charge on any atom is 0.252 e. The second kappa shape index (κ2) is 17.3. The van der Waals surface area contributed by atoms with E-state index in [2.05, 4.69) is 249 Å². The average molecular weight is 1130 g/mol. The van der Waals surface area contributed by atoms with Gasteiger partial charge in [0.1, 0.15) is 0 Å². The highest BCUT2D eigenvalue weighted by atomic mass is 32.1. The normalized spacial score (nSPS) is 24.2. The lowest BCUT2D eigenvalue weighted by atomic mass is 9.33. The van der Waals surface area contributed by atoms with Crippen molar-refractivity contribution in [1.29, 1.82) is 0 Å². The Kier molecular flexibility index (Phi) is 11.3. The van der Waals surface area contributed by atoms with Gasteiger partial charge in [-0.25, -0.2) is 0 Å². The van der Waals surface area contributed by atoms with Crippen molar-refractivity contribution in [2.45, 2.75) is 238 Å². The summed E-state index contributed by atoms with van der Waals surface area (Å²) >= 11 is 2.01. The van der Waals surface area contributed by atoms with Crippen LogP contribution in [-0.2, 0) is 43.3 Å². The van der Waals surface area contributed by atoms with E-state index in [4.69, 9.17) is 0 Å². The van der Waals surface area contributed by atoms with Gasteiger partial charge in [0.2, 0.25) is 0 Å². The van der Waals surface area contributed by atoms with Crippen molar-refractivity contribution >= 4 is 100 Å². The first-order valence-electron chi connectivity index (χ1n) is 32.5. The molecule has 4 aliphatic carbocycles. The summed E-state index contributed by atoms with van der Waals surface area (Å²) in [6.45, 7) is 45.1. The van der Waals surface area contributed by atoms with E-state index >= 15 is 0 Å². The summed E-state index contributed by atoms with van der Waals surface area (Å²) in [5.74, 6) is 0. The molecule has 0 bridgehead atoms. The maximum atomic E-state index is 2.91. The summed E-state index contributed by atoms with van der Waals surface area (Å²) in [7, 11) is 0. The van der Waals surface area contributed by atoms with Crippen LogP contribution < -0.4 is 31.1 Å². The smallest absolute Gasteiger partial charge is 0.252 e. The fourth-order valence-electron chi connectivity index (χ4n) is 18.2. The first kappa shape index (κ1) is 54.8. The summed E-state index contributed by atoms with van der Waals surface area (Å²) in [5.41, 5.74) is 28.5. The van der Waals surface area contributed by atoms with Gasteiger partial charge >= 0.3 is 0 Å². The molecule has 0 radical (unpaired) electrons. The van der Waals surface area contributed by atoms with Crippen LogP contribution in [0.4, 0.5) is 45.5 Å². The topological polar surface area (TPSA) is 9.72 Å². The Bertz CT molecular complexity index is 4170. The van der Waals surface area contributed by atoms with Gasteiger partial charge in [0, 0.05) is 60.7 Å². The Morgan fingerprint density at radius 3 is 1.63 bits per heavy atom. The van der Waals surface area contributed by atoms with Crippen LogP contribution in [0.15, 0.2) is 109 Å². The number of nitrogens with zero attached hydrogens (tertiary/aromatic N) is 3. The lowest BCUT2D eigenvalue weighted by Crippen LogP contribution is -2.62. The lowest BCUT2D eigenvalue weighted by Gasteiger charge is -2.51. The molecule has 0 N–H and O–H groups in total. The second-order valence-corrected chi connectivity index (χ2v) is 34.3. The quantitative estimate of drug-likeness (QED) is 0.163. The molecule has 7 aliphatic rings. The number of hydrogen-bond donors (Lipinski definition) is 0. The molecule has 15 rings (SSSR count). The maximum absolute atomic E-state index is 2.91. The van der Waals surface area contributed by atoms with Crippen LogP contribution in [0.25, 0.3) is 20.2 Å². The van der Waals surface area contributed by atoms with Gasteiger partial charge in [-0.15, -0.1) is 11.3 Å². The van der Waals surface area contributed by atoms with Gasteiger partial charge in [-0.3, -0.25) is 0 Å². The van der Waals surface area contributed by atoms with E-state index in [-0.39, 0.29) is 55.6 Å². The van der Waals surface area contributed by atoms with Gasteiger partial charge in [0.05, 0.1) is 15.9 Å². The number of thiophene rings is 1. The van der Waals surface area contributed by atoms with Crippen molar-refractivity contribution in [2.24, 2.45) is 0 Å². The number of aryl methyl sites for hydroxylation is 1. The Hall–Kier alpha value is -5.78. The summed E-state index contributed by atoms with van der Waals surface area (Å²) in [6, 6.07) is 46.0. The minimum Gasteiger partial charge on any atom is -0.334 e. The molecule has 0 amide bonds. The first-order chi connectivity index (χ1) is 39.4. The molecule has 1 aromatic heterocycles. The van der Waals surface area contributed by atoms with Crippen molar-refractivity contribution < 1.29 is 0 Å². The predicted octanol–water partition coefficient (Wildman–Crippen LogP) is 20.5. The Labute approximate surface area is 508 Å². The zero-order chi connectivity index (χ0) is 59.2. The van der Waals surface area contributed by atoms with Crippen molar-refractivity contribution in [3.8, 4) is 0 Å². The van der Waals surface area contributed by atoms with Gasteiger partial charge in [-0.1, -0.05) is 184 Å². The highest BCUT2D eigenvalue weighted by molar-refractivity contribution is 7.26. The zero-order valence-electron chi connectivity index (χ0n) is 54.3. The molecule has 1 saturated carbocycles. The number of benzene rings is 7. The number of hydrogen-bond acceptors (Lipinski definition) is 4. The molecule has 0 spiro atoms. The third kappa shape index (κ3) is 7.41. The molecule has 3 aliphatic heterocycles. The summed E-state index contributed by atoms with van der Waals surface area (Å²) in [6.07, 6.45) is 11.9. The number of fused-ring (bicyclic) bond motifs is 14. The lowest BCUT2D eigenvalue weighted by molar-refractivity contribution is 0.195. The third-order valence-corrected chi connectivity index (χ3v) is 25.5. The van der Waals surface area contributed by atoms with Gasteiger partial charge in [-0.2, -0.15) is 0 Å². The molecular formula is C79H92BN3S. The minimum absolute atomic E-state index is 0.0145. The summed E-state index contributed by atoms with van der Waals surface area (Å²) in [5, 5.41) is 2.71. The van der Waals surface area contributed by atoms with Gasteiger partial charge in [0.25, 0.3) is 6.71 Å². The van der Waals surface area contributed by atoms with E-state index in [0.29, 0.717) is 0 Å². The fraction of sp³-hybridized carbons (Fsp3) is 0.468. The molecule has 8 aromatic rings. The predicted molar refractivity (Wildman–Crippen MR) is 365 cm³/mol. The SMILES string of the molecule is Cc1cc2c(cc1N1c3cc(N4c5ccc(C(C)(C)C)cc5C5(C)CCCCC45C)cc4c3B(c3cc5c(cc3N4c3ccc4c(c3)C(C)(C)CCC4(C)C)C(C)(C)CCC5(C)C)c3ccc4c(sc5ccccc54)c31)C(C)(C)CCC2(C)C. The van der Waals surface area contributed by atoms with E-state index in [1.807, 2.05) is 11.3 Å². The van der Waals surface area contributed by atoms with Crippen molar-refractivity contribution in [2.75, 3.05) is 14.7 Å². The van der Waals surface area contributed by atoms with Crippen molar-refractivity contribution in [3.63, 3.8) is 0 Å². The van der Waals surface area contributed by atoms with Crippen molar-refractivity contribution in [1.82, 2.24) is 0 Å². The van der Waals surface area contributed by atoms with E-state index in [1.165, 1.54) is 190 Å². The average Bonchev–Trinajstić information content (AvgIpc) is 1.09. The molecule has 4 heterocycles. The number of rotatable bonds is 3. The molecule has 7 aromatic carbocycles. The molecule has 2 unspecified atom stereocenters.